The smallest absolute Gasteiger partial charge is 0.227 e. The minimum atomic E-state index is -0.262. The van der Waals surface area contributed by atoms with Gasteiger partial charge in [-0.1, -0.05) is 0 Å². The molecule has 1 fully saturated rings. The Morgan fingerprint density at radius 2 is 2.56 bits per heavy atom. The van der Waals surface area contributed by atoms with Gasteiger partial charge in [0.25, 0.3) is 0 Å². The molecule has 0 aliphatic carbocycles. The summed E-state index contributed by atoms with van der Waals surface area (Å²) in [6.07, 6.45) is 5.29. The van der Waals surface area contributed by atoms with E-state index in [4.69, 9.17) is 4.42 Å². The lowest BCUT2D eigenvalue weighted by Crippen LogP contribution is -2.48. The summed E-state index contributed by atoms with van der Waals surface area (Å²) >= 11 is 0. The molecule has 0 aromatic carbocycles. The van der Waals surface area contributed by atoms with E-state index in [0.717, 1.165) is 31.5 Å². The monoisotopic (exact) mass is 222 g/mol. The van der Waals surface area contributed by atoms with Crippen LogP contribution in [-0.2, 0) is 11.3 Å². The fourth-order valence-electron chi connectivity index (χ4n) is 2.04. The summed E-state index contributed by atoms with van der Waals surface area (Å²) in [7, 11) is 0. The molecular weight excluding hydrogens is 204 g/mol. The van der Waals surface area contributed by atoms with Gasteiger partial charge in [-0.05, 0) is 32.4 Å². The highest BCUT2D eigenvalue weighted by atomic mass is 16.3. The van der Waals surface area contributed by atoms with Crippen LogP contribution in [0, 0.1) is 5.41 Å². The molecule has 0 bridgehead atoms. The van der Waals surface area contributed by atoms with Gasteiger partial charge < -0.3 is 15.1 Å². The molecule has 0 spiro atoms. The SMILES string of the molecule is CC1(C(=O)NCc2ccoc2)CCCNC1. The molecule has 1 aliphatic heterocycles. The van der Waals surface area contributed by atoms with Gasteiger partial charge in [-0.15, -0.1) is 0 Å². The summed E-state index contributed by atoms with van der Waals surface area (Å²) in [5, 5.41) is 6.23. The molecule has 2 N–H and O–H groups in total. The van der Waals surface area contributed by atoms with E-state index in [1.165, 1.54) is 0 Å². The van der Waals surface area contributed by atoms with Gasteiger partial charge in [0.2, 0.25) is 5.91 Å². The molecule has 2 rings (SSSR count). The van der Waals surface area contributed by atoms with Crippen LogP contribution in [0.1, 0.15) is 25.3 Å². The third-order valence-electron chi connectivity index (χ3n) is 3.18. The molecule has 2 heterocycles. The van der Waals surface area contributed by atoms with E-state index in [-0.39, 0.29) is 11.3 Å². The normalized spacial score (nSPS) is 25.3. The highest BCUT2D eigenvalue weighted by Crippen LogP contribution is 2.25. The molecule has 1 amide bonds. The molecule has 1 atom stereocenters. The molecular formula is C12H18N2O2. The Morgan fingerprint density at radius 1 is 1.69 bits per heavy atom. The van der Waals surface area contributed by atoms with Crippen molar-refractivity contribution < 1.29 is 9.21 Å². The predicted molar refractivity (Wildman–Crippen MR) is 60.8 cm³/mol. The zero-order valence-corrected chi connectivity index (χ0v) is 9.58. The van der Waals surface area contributed by atoms with Crippen molar-refractivity contribution in [3.63, 3.8) is 0 Å². The van der Waals surface area contributed by atoms with Crippen molar-refractivity contribution in [1.82, 2.24) is 10.6 Å². The van der Waals surface area contributed by atoms with Crippen LogP contribution in [0.4, 0.5) is 0 Å². The van der Waals surface area contributed by atoms with Crippen LogP contribution in [0.5, 0.6) is 0 Å². The Labute approximate surface area is 95.4 Å². The predicted octanol–water partition coefficient (Wildman–Crippen LogP) is 1.29. The molecule has 88 valence electrons. The topological polar surface area (TPSA) is 54.3 Å². The Bertz CT molecular complexity index is 340. The zero-order chi connectivity index (χ0) is 11.4. The van der Waals surface area contributed by atoms with Gasteiger partial charge in [0.15, 0.2) is 0 Å². The highest BCUT2D eigenvalue weighted by molar-refractivity contribution is 5.82. The van der Waals surface area contributed by atoms with Crippen molar-refractivity contribution in [3.8, 4) is 0 Å². The van der Waals surface area contributed by atoms with Gasteiger partial charge in [-0.3, -0.25) is 4.79 Å². The first kappa shape index (κ1) is 11.2. The summed E-state index contributed by atoms with van der Waals surface area (Å²) in [5.41, 5.74) is 0.739. The van der Waals surface area contributed by atoms with E-state index in [1.807, 2.05) is 13.0 Å². The number of carbonyl (C=O) groups is 1. The van der Waals surface area contributed by atoms with Gasteiger partial charge in [0, 0.05) is 18.7 Å². The molecule has 16 heavy (non-hydrogen) atoms. The molecule has 1 aliphatic rings. The van der Waals surface area contributed by atoms with Crippen molar-refractivity contribution in [2.45, 2.75) is 26.3 Å². The van der Waals surface area contributed by atoms with Crippen LogP contribution in [-0.4, -0.2) is 19.0 Å². The number of hydrogen-bond donors (Lipinski definition) is 2. The second-order valence-electron chi connectivity index (χ2n) is 4.66. The molecule has 1 aromatic rings. The molecule has 4 heteroatoms. The number of hydrogen-bond acceptors (Lipinski definition) is 3. The Balaban J connectivity index is 1.87. The largest absolute Gasteiger partial charge is 0.472 e. The lowest BCUT2D eigenvalue weighted by molar-refractivity contribution is -0.131. The summed E-state index contributed by atoms with van der Waals surface area (Å²) in [4.78, 5) is 12.0. The van der Waals surface area contributed by atoms with Gasteiger partial charge in [0.1, 0.15) is 0 Å². The lowest BCUT2D eigenvalue weighted by Gasteiger charge is -2.32. The first-order valence-electron chi connectivity index (χ1n) is 5.71. The number of furan rings is 1. The van der Waals surface area contributed by atoms with Crippen molar-refractivity contribution in [2.75, 3.05) is 13.1 Å². The van der Waals surface area contributed by atoms with E-state index < -0.39 is 0 Å². The summed E-state index contributed by atoms with van der Waals surface area (Å²) in [6.45, 7) is 4.35. The van der Waals surface area contributed by atoms with Crippen LogP contribution >= 0.6 is 0 Å². The molecule has 1 aromatic heterocycles. The summed E-state index contributed by atoms with van der Waals surface area (Å²) in [5.74, 6) is 0.126. The van der Waals surface area contributed by atoms with Crippen molar-refractivity contribution >= 4 is 5.91 Å². The van der Waals surface area contributed by atoms with Crippen LogP contribution < -0.4 is 10.6 Å². The maximum absolute atomic E-state index is 12.0. The number of rotatable bonds is 3. The Hall–Kier alpha value is -1.29. The molecule has 1 saturated heterocycles. The second kappa shape index (κ2) is 4.70. The maximum Gasteiger partial charge on any atom is 0.227 e. The van der Waals surface area contributed by atoms with E-state index in [1.54, 1.807) is 12.5 Å². The van der Waals surface area contributed by atoms with E-state index >= 15 is 0 Å². The molecule has 0 saturated carbocycles. The molecule has 0 radical (unpaired) electrons. The Morgan fingerprint density at radius 3 is 3.19 bits per heavy atom. The van der Waals surface area contributed by atoms with Crippen molar-refractivity contribution in [2.24, 2.45) is 5.41 Å². The fraction of sp³-hybridized carbons (Fsp3) is 0.583. The van der Waals surface area contributed by atoms with Crippen LogP contribution in [0.3, 0.4) is 0 Å². The van der Waals surface area contributed by atoms with Crippen LogP contribution in [0.15, 0.2) is 23.0 Å². The highest BCUT2D eigenvalue weighted by Gasteiger charge is 2.34. The van der Waals surface area contributed by atoms with Gasteiger partial charge in [-0.25, -0.2) is 0 Å². The van der Waals surface area contributed by atoms with Gasteiger partial charge in [-0.2, -0.15) is 0 Å². The lowest BCUT2D eigenvalue weighted by atomic mass is 9.82. The zero-order valence-electron chi connectivity index (χ0n) is 9.58. The minimum Gasteiger partial charge on any atom is -0.472 e. The number of amides is 1. The quantitative estimate of drug-likeness (QED) is 0.810. The third kappa shape index (κ3) is 2.44. The first-order valence-corrected chi connectivity index (χ1v) is 5.71. The average Bonchev–Trinajstić information content (AvgIpc) is 2.79. The van der Waals surface area contributed by atoms with E-state index in [9.17, 15) is 4.79 Å². The van der Waals surface area contributed by atoms with Gasteiger partial charge >= 0.3 is 0 Å². The number of carbonyl (C=O) groups excluding carboxylic acids is 1. The Kier molecular flexibility index (Phi) is 3.29. The van der Waals surface area contributed by atoms with Crippen LogP contribution in [0.25, 0.3) is 0 Å². The van der Waals surface area contributed by atoms with Crippen molar-refractivity contribution in [1.29, 1.82) is 0 Å². The number of piperidine rings is 1. The molecule has 4 nitrogen and oxygen atoms in total. The second-order valence-corrected chi connectivity index (χ2v) is 4.66. The van der Waals surface area contributed by atoms with E-state index in [0.29, 0.717) is 6.54 Å². The summed E-state index contributed by atoms with van der Waals surface area (Å²) in [6, 6.07) is 1.86. The van der Waals surface area contributed by atoms with Crippen LogP contribution in [0.2, 0.25) is 0 Å². The van der Waals surface area contributed by atoms with Gasteiger partial charge in [0.05, 0.1) is 17.9 Å². The standard InChI is InChI=1S/C12H18N2O2/c1-12(4-2-5-13-9-12)11(15)14-7-10-3-6-16-8-10/h3,6,8,13H,2,4-5,7,9H2,1H3,(H,14,15). The first-order chi connectivity index (χ1) is 7.71. The van der Waals surface area contributed by atoms with E-state index in [2.05, 4.69) is 10.6 Å². The molecule has 1 unspecified atom stereocenters. The average molecular weight is 222 g/mol. The third-order valence-corrected chi connectivity index (χ3v) is 3.18. The minimum absolute atomic E-state index is 0.126. The van der Waals surface area contributed by atoms with Crippen molar-refractivity contribution in [3.05, 3.63) is 24.2 Å². The maximum atomic E-state index is 12.0. The fourth-order valence-corrected chi connectivity index (χ4v) is 2.04. The summed E-state index contributed by atoms with van der Waals surface area (Å²) < 4.78 is 4.95. The number of nitrogens with one attached hydrogen (secondary N) is 2.